The fourth-order valence-corrected chi connectivity index (χ4v) is 2.40. The lowest BCUT2D eigenvalue weighted by atomic mass is 9.97. The van der Waals surface area contributed by atoms with Crippen LogP contribution in [-0.2, 0) is 6.42 Å². The van der Waals surface area contributed by atoms with Gasteiger partial charge in [0.2, 0.25) is 11.7 Å². The van der Waals surface area contributed by atoms with Gasteiger partial charge in [0.15, 0.2) is 0 Å². The van der Waals surface area contributed by atoms with Gasteiger partial charge in [0.05, 0.1) is 6.20 Å². The van der Waals surface area contributed by atoms with Crippen molar-refractivity contribution in [3.8, 4) is 11.5 Å². The minimum absolute atomic E-state index is 0.523. The Morgan fingerprint density at radius 1 is 1.26 bits per heavy atom. The van der Waals surface area contributed by atoms with Gasteiger partial charge in [-0.2, -0.15) is 4.98 Å². The van der Waals surface area contributed by atoms with E-state index in [4.69, 9.17) is 4.52 Å². The van der Waals surface area contributed by atoms with Crippen LogP contribution < -0.4 is 5.32 Å². The van der Waals surface area contributed by atoms with Crippen molar-refractivity contribution in [1.82, 2.24) is 25.4 Å². The molecule has 6 nitrogen and oxygen atoms in total. The van der Waals surface area contributed by atoms with E-state index in [-0.39, 0.29) is 0 Å². The van der Waals surface area contributed by atoms with Crippen molar-refractivity contribution in [2.45, 2.75) is 25.7 Å². The second-order valence-electron chi connectivity index (χ2n) is 4.85. The molecule has 0 amide bonds. The average molecular weight is 259 g/mol. The van der Waals surface area contributed by atoms with Gasteiger partial charge in [-0.15, -0.1) is 0 Å². The third-order valence-electron chi connectivity index (χ3n) is 3.42. The molecule has 3 rings (SSSR count). The molecule has 19 heavy (non-hydrogen) atoms. The molecule has 100 valence electrons. The highest BCUT2D eigenvalue weighted by Gasteiger charge is 2.17. The van der Waals surface area contributed by atoms with Crippen LogP contribution in [0, 0.1) is 5.92 Å². The number of hydrogen-bond acceptors (Lipinski definition) is 6. The highest BCUT2D eigenvalue weighted by Crippen LogP contribution is 2.19. The fourth-order valence-electron chi connectivity index (χ4n) is 2.40. The Balaban J connectivity index is 1.68. The second kappa shape index (κ2) is 5.88. The molecule has 0 spiro atoms. The topological polar surface area (TPSA) is 76.7 Å². The Labute approximate surface area is 111 Å². The quantitative estimate of drug-likeness (QED) is 0.899. The second-order valence-corrected chi connectivity index (χ2v) is 4.85. The number of nitrogens with one attached hydrogen (secondary N) is 1. The van der Waals surface area contributed by atoms with Gasteiger partial charge in [-0.3, -0.25) is 4.98 Å². The van der Waals surface area contributed by atoms with E-state index in [1.165, 1.54) is 19.3 Å². The van der Waals surface area contributed by atoms with Gasteiger partial charge in [0.25, 0.3) is 0 Å². The van der Waals surface area contributed by atoms with Gasteiger partial charge in [-0.25, -0.2) is 4.98 Å². The van der Waals surface area contributed by atoms with Gasteiger partial charge in [-0.1, -0.05) is 5.16 Å². The van der Waals surface area contributed by atoms with E-state index in [2.05, 4.69) is 25.4 Å². The Morgan fingerprint density at radius 2 is 2.26 bits per heavy atom. The van der Waals surface area contributed by atoms with Crippen molar-refractivity contribution in [2.24, 2.45) is 5.92 Å². The molecule has 0 radical (unpaired) electrons. The molecule has 1 unspecified atom stereocenters. The van der Waals surface area contributed by atoms with E-state index in [0.29, 0.717) is 23.3 Å². The van der Waals surface area contributed by atoms with Crippen molar-refractivity contribution in [3.63, 3.8) is 0 Å². The van der Waals surface area contributed by atoms with Gasteiger partial charge >= 0.3 is 0 Å². The Morgan fingerprint density at radius 3 is 3.16 bits per heavy atom. The van der Waals surface area contributed by atoms with Crippen LogP contribution in [0.2, 0.25) is 0 Å². The summed E-state index contributed by atoms with van der Waals surface area (Å²) in [6, 6.07) is 0. The zero-order valence-electron chi connectivity index (χ0n) is 10.7. The minimum Gasteiger partial charge on any atom is -0.339 e. The Kier molecular flexibility index (Phi) is 3.78. The molecule has 0 bridgehead atoms. The maximum Gasteiger partial charge on any atom is 0.227 e. The van der Waals surface area contributed by atoms with Crippen molar-refractivity contribution in [1.29, 1.82) is 0 Å². The number of hydrogen-bond donors (Lipinski definition) is 1. The summed E-state index contributed by atoms with van der Waals surface area (Å²) in [6.45, 7) is 2.20. The van der Waals surface area contributed by atoms with E-state index in [0.717, 1.165) is 19.5 Å². The van der Waals surface area contributed by atoms with Gasteiger partial charge in [-0.05, 0) is 38.3 Å². The summed E-state index contributed by atoms with van der Waals surface area (Å²) in [6.07, 6.45) is 9.36. The minimum atomic E-state index is 0.523. The first-order valence-corrected chi connectivity index (χ1v) is 6.71. The first-order chi connectivity index (χ1) is 9.42. The molecule has 3 heterocycles. The van der Waals surface area contributed by atoms with Crippen LogP contribution in [0.3, 0.4) is 0 Å². The fraction of sp³-hybridized carbons (Fsp3) is 0.538. The smallest absolute Gasteiger partial charge is 0.227 e. The molecular weight excluding hydrogens is 242 g/mol. The number of aromatic nitrogens is 4. The van der Waals surface area contributed by atoms with Gasteiger partial charge in [0.1, 0.15) is 5.69 Å². The lowest BCUT2D eigenvalue weighted by Gasteiger charge is -2.09. The van der Waals surface area contributed by atoms with E-state index in [9.17, 15) is 0 Å². The summed E-state index contributed by atoms with van der Waals surface area (Å²) in [5, 5.41) is 7.38. The monoisotopic (exact) mass is 259 g/mol. The molecule has 1 fully saturated rings. The van der Waals surface area contributed by atoms with Crippen molar-refractivity contribution >= 4 is 0 Å². The highest BCUT2D eigenvalue weighted by atomic mass is 16.5. The van der Waals surface area contributed by atoms with E-state index < -0.39 is 0 Å². The van der Waals surface area contributed by atoms with Crippen LogP contribution in [0.5, 0.6) is 0 Å². The van der Waals surface area contributed by atoms with E-state index >= 15 is 0 Å². The first kappa shape index (κ1) is 12.2. The predicted octanol–water partition coefficient (Wildman–Crippen LogP) is 1.46. The highest BCUT2D eigenvalue weighted by molar-refractivity contribution is 5.45. The summed E-state index contributed by atoms with van der Waals surface area (Å²) >= 11 is 0. The lowest BCUT2D eigenvalue weighted by molar-refractivity contribution is 0.341. The van der Waals surface area contributed by atoms with Crippen LogP contribution in [0.25, 0.3) is 11.5 Å². The molecule has 1 saturated heterocycles. The van der Waals surface area contributed by atoms with Gasteiger partial charge in [0, 0.05) is 18.8 Å². The summed E-state index contributed by atoms with van der Waals surface area (Å²) in [5.41, 5.74) is 0.653. The van der Waals surface area contributed by atoms with Crippen LogP contribution in [0.4, 0.5) is 0 Å². The summed E-state index contributed by atoms with van der Waals surface area (Å²) in [4.78, 5) is 12.6. The average Bonchev–Trinajstić information content (AvgIpc) is 2.76. The lowest BCUT2D eigenvalue weighted by Crippen LogP contribution is -2.14. The molecule has 2 aromatic heterocycles. The van der Waals surface area contributed by atoms with E-state index in [1.807, 2.05) is 0 Å². The largest absolute Gasteiger partial charge is 0.339 e. The number of nitrogens with zero attached hydrogens (tertiary/aromatic N) is 4. The summed E-state index contributed by atoms with van der Waals surface area (Å²) < 4.78 is 5.31. The SMILES string of the molecule is c1cnc(-c2noc(CC3CCCNCC3)n2)cn1. The Bertz CT molecular complexity index is 505. The molecule has 0 aromatic carbocycles. The zero-order chi connectivity index (χ0) is 12.9. The first-order valence-electron chi connectivity index (χ1n) is 6.71. The molecule has 1 N–H and O–H groups in total. The molecule has 0 saturated carbocycles. The standard InChI is InChI=1S/C13H17N5O/c1-2-10(3-5-14-4-1)8-12-17-13(18-19-12)11-9-15-6-7-16-11/h6-7,9-10,14H,1-5,8H2. The molecule has 1 aliphatic rings. The molecule has 0 aliphatic carbocycles. The van der Waals surface area contributed by atoms with Crippen molar-refractivity contribution in [2.75, 3.05) is 13.1 Å². The molecule has 1 atom stereocenters. The summed E-state index contributed by atoms with van der Waals surface area (Å²) in [7, 11) is 0. The molecule has 1 aliphatic heterocycles. The van der Waals surface area contributed by atoms with Crippen LogP contribution in [0.1, 0.15) is 25.2 Å². The van der Waals surface area contributed by atoms with Crippen LogP contribution >= 0.6 is 0 Å². The molecule has 2 aromatic rings. The van der Waals surface area contributed by atoms with E-state index in [1.54, 1.807) is 18.6 Å². The maximum atomic E-state index is 5.31. The van der Waals surface area contributed by atoms with Crippen LogP contribution in [0.15, 0.2) is 23.1 Å². The van der Waals surface area contributed by atoms with Crippen molar-refractivity contribution < 1.29 is 4.52 Å². The third kappa shape index (κ3) is 3.14. The molecule has 6 heteroatoms. The Hall–Kier alpha value is -1.82. The zero-order valence-corrected chi connectivity index (χ0v) is 10.7. The predicted molar refractivity (Wildman–Crippen MR) is 69.2 cm³/mol. The van der Waals surface area contributed by atoms with Gasteiger partial charge < -0.3 is 9.84 Å². The number of rotatable bonds is 3. The normalized spacial score (nSPS) is 20.1. The van der Waals surface area contributed by atoms with Crippen LogP contribution in [-0.4, -0.2) is 33.2 Å². The van der Waals surface area contributed by atoms with Crippen molar-refractivity contribution in [3.05, 3.63) is 24.5 Å². The maximum absolute atomic E-state index is 5.31. The molecular formula is C13H17N5O. The summed E-state index contributed by atoms with van der Waals surface area (Å²) in [5.74, 6) is 1.85. The third-order valence-corrected chi connectivity index (χ3v) is 3.42.